The zero-order valence-corrected chi connectivity index (χ0v) is 18.9. The van der Waals surface area contributed by atoms with E-state index in [-0.39, 0.29) is 5.91 Å². The summed E-state index contributed by atoms with van der Waals surface area (Å²) in [7, 11) is 1.86. The third-order valence-corrected chi connectivity index (χ3v) is 6.75. The van der Waals surface area contributed by atoms with Crippen molar-refractivity contribution in [1.29, 1.82) is 0 Å². The molecule has 0 spiro atoms. The second-order valence-corrected chi connectivity index (χ2v) is 8.93. The lowest BCUT2D eigenvalue weighted by atomic mass is 9.99. The maximum atomic E-state index is 12.7. The van der Waals surface area contributed by atoms with Crippen molar-refractivity contribution in [3.63, 3.8) is 0 Å². The summed E-state index contributed by atoms with van der Waals surface area (Å²) in [6.45, 7) is 9.48. The van der Waals surface area contributed by atoms with Crippen molar-refractivity contribution in [1.82, 2.24) is 20.0 Å². The molecule has 1 amide bonds. The lowest BCUT2D eigenvalue weighted by Gasteiger charge is -2.29. The third-order valence-electron chi connectivity index (χ3n) is 6.75. The van der Waals surface area contributed by atoms with E-state index in [9.17, 15) is 4.79 Å². The molecule has 1 N–H and O–H groups in total. The Morgan fingerprint density at radius 3 is 2.74 bits per heavy atom. The first kappa shape index (κ1) is 22.1. The smallest absolute Gasteiger partial charge is 0.222 e. The number of hydrogen-bond acceptors (Lipinski definition) is 4. The molecule has 7 nitrogen and oxygen atoms in total. The topological polar surface area (TPSA) is 60.4 Å². The highest BCUT2D eigenvalue weighted by Gasteiger charge is 2.27. The van der Waals surface area contributed by atoms with E-state index in [0.717, 1.165) is 84.4 Å². The van der Waals surface area contributed by atoms with Crippen LogP contribution in [0.1, 0.15) is 30.4 Å². The van der Waals surface area contributed by atoms with E-state index in [1.807, 2.05) is 11.9 Å². The molecule has 0 bridgehead atoms. The van der Waals surface area contributed by atoms with Crippen LogP contribution >= 0.6 is 0 Å². The number of hydrogen-bond donors (Lipinski definition) is 1. The van der Waals surface area contributed by atoms with Gasteiger partial charge in [-0.1, -0.05) is 24.3 Å². The number of carbonyl (C=O) groups is 1. The molecule has 2 saturated heterocycles. The van der Waals surface area contributed by atoms with Gasteiger partial charge in [-0.05, 0) is 36.3 Å². The van der Waals surface area contributed by atoms with Crippen LogP contribution in [0.4, 0.5) is 0 Å². The summed E-state index contributed by atoms with van der Waals surface area (Å²) in [6.07, 6.45) is 3.60. The van der Waals surface area contributed by atoms with E-state index in [2.05, 4.69) is 44.4 Å². The second kappa shape index (κ2) is 11.0. The Bertz CT molecular complexity index is 762. The largest absolute Gasteiger partial charge is 0.379 e. The van der Waals surface area contributed by atoms with Gasteiger partial charge < -0.3 is 19.9 Å². The Kier molecular flexibility index (Phi) is 7.81. The minimum absolute atomic E-state index is 0.262. The van der Waals surface area contributed by atoms with Crippen LogP contribution < -0.4 is 5.32 Å². The van der Waals surface area contributed by atoms with Gasteiger partial charge in [0, 0.05) is 65.8 Å². The quantitative estimate of drug-likeness (QED) is 0.424. The van der Waals surface area contributed by atoms with E-state index >= 15 is 0 Å². The minimum atomic E-state index is 0.262. The predicted octanol–water partition coefficient (Wildman–Crippen LogP) is 1.58. The zero-order chi connectivity index (χ0) is 21.5. The van der Waals surface area contributed by atoms with E-state index in [4.69, 9.17) is 4.74 Å². The van der Waals surface area contributed by atoms with Crippen LogP contribution in [0, 0.1) is 5.92 Å². The molecular formula is C24H37N5O2. The van der Waals surface area contributed by atoms with Crippen LogP contribution in [0.5, 0.6) is 0 Å². The molecule has 0 radical (unpaired) electrons. The molecule has 4 rings (SSSR count). The maximum absolute atomic E-state index is 12.7. The molecule has 3 aliphatic heterocycles. The third kappa shape index (κ3) is 5.98. The van der Waals surface area contributed by atoms with Crippen LogP contribution in [0.2, 0.25) is 0 Å². The number of guanidine groups is 1. The number of amides is 1. The number of nitrogens with zero attached hydrogens (tertiary/aromatic N) is 4. The van der Waals surface area contributed by atoms with Crippen LogP contribution in [0.25, 0.3) is 0 Å². The first-order valence-corrected chi connectivity index (χ1v) is 11.8. The molecule has 7 heteroatoms. The molecule has 31 heavy (non-hydrogen) atoms. The van der Waals surface area contributed by atoms with Gasteiger partial charge in [-0.3, -0.25) is 14.7 Å². The highest BCUT2D eigenvalue weighted by Crippen LogP contribution is 2.20. The Morgan fingerprint density at radius 2 is 1.94 bits per heavy atom. The summed E-state index contributed by atoms with van der Waals surface area (Å²) in [5.74, 6) is 1.93. The fraction of sp³-hybridized carbons (Fsp3) is 0.667. The summed E-state index contributed by atoms with van der Waals surface area (Å²) in [6, 6.07) is 8.46. The van der Waals surface area contributed by atoms with Crippen molar-refractivity contribution in [2.45, 2.75) is 32.2 Å². The van der Waals surface area contributed by atoms with Gasteiger partial charge in [0.1, 0.15) is 0 Å². The van der Waals surface area contributed by atoms with Crippen LogP contribution in [0.3, 0.4) is 0 Å². The number of benzene rings is 1. The summed E-state index contributed by atoms with van der Waals surface area (Å²) in [4.78, 5) is 24.0. The molecule has 3 heterocycles. The molecule has 3 aliphatic rings. The van der Waals surface area contributed by atoms with Crippen LogP contribution in [-0.2, 0) is 22.5 Å². The summed E-state index contributed by atoms with van der Waals surface area (Å²) >= 11 is 0. The molecule has 0 aromatic heterocycles. The lowest BCUT2D eigenvalue weighted by molar-refractivity contribution is -0.132. The van der Waals surface area contributed by atoms with Crippen molar-refractivity contribution < 1.29 is 9.53 Å². The number of nitrogens with one attached hydrogen (secondary N) is 1. The number of ether oxygens (including phenoxy) is 1. The van der Waals surface area contributed by atoms with E-state index in [0.29, 0.717) is 12.3 Å². The minimum Gasteiger partial charge on any atom is -0.379 e. The van der Waals surface area contributed by atoms with Gasteiger partial charge in [0.25, 0.3) is 0 Å². The molecule has 2 fully saturated rings. The predicted molar refractivity (Wildman–Crippen MR) is 123 cm³/mol. The molecule has 170 valence electrons. The lowest BCUT2D eigenvalue weighted by Crippen LogP contribution is -2.42. The van der Waals surface area contributed by atoms with Gasteiger partial charge >= 0.3 is 0 Å². The standard InChI is InChI=1S/C24H37N5O2/c1-25-24(29-11-8-20(18-29)17-27-13-15-31-16-14-27)26-10-4-7-23(30)28-12-9-21-5-2-3-6-22(21)19-28/h2-3,5-6,20H,4,7-19H2,1H3,(H,25,26). The highest BCUT2D eigenvalue weighted by atomic mass is 16.5. The van der Waals surface area contributed by atoms with Gasteiger partial charge in [-0.2, -0.15) is 0 Å². The van der Waals surface area contributed by atoms with Crippen molar-refractivity contribution in [3.05, 3.63) is 35.4 Å². The average molecular weight is 428 g/mol. The first-order valence-electron chi connectivity index (χ1n) is 11.8. The number of morpholine rings is 1. The number of rotatable bonds is 6. The highest BCUT2D eigenvalue weighted by molar-refractivity contribution is 5.80. The van der Waals surface area contributed by atoms with Gasteiger partial charge in [0.15, 0.2) is 5.96 Å². The summed E-state index contributed by atoms with van der Waals surface area (Å²) < 4.78 is 5.46. The summed E-state index contributed by atoms with van der Waals surface area (Å²) in [5.41, 5.74) is 2.68. The Morgan fingerprint density at radius 1 is 1.13 bits per heavy atom. The van der Waals surface area contributed by atoms with E-state index < -0.39 is 0 Å². The second-order valence-electron chi connectivity index (χ2n) is 8.93. The average Bonchev–Trinajstić information content (AvgIpc) is 3.27. The van der Waals surface area contributed by atoms with Crippen LogP contribution in [-0.4, -0.2) is 92.6 Å². The van der Waals surface area contributed by atoms with Crippen molar-refractivity contribution in [2.75, 3.05) is 66.1 Å². The van der Waals surface area contributed by atoms with Gasteiger partial charge in [-0.25, -0.2) is 0 Å². The Hall–Kier alpha value is -2.12. The van der Waals surface area contributed by atoms with Gasteiger partial charge in [0.2, 0.25) is 5.91 Å². The maximum Gasteiger partial charge on any atom is 0.222 e. The first-order chi connectivity index (χ1) is 15.2. The van der Waals surface area contributed by atoms with Gasteiger partial charge in [-0.15, -0.1) is 0 Å². The summed E-state index contributed by atoms with van der Waals surface area (Å²) in [5, 5.41) is 3.48. The molecule has 1 atom stereocenters. The van der Waals surface area contributed by atoms with Gasteiger partial charge in [0.05, 0.1) is 13.2 Å². The Balaban J connectivity index is 1.15. The number of likely N-dealkylation sites (tertiary alicyclic amines) is 1. The molecule has 1 unspecified atom stereocenters. The Labute approximate surface area is 186 Å². The monoisotopic (exact) mass is 427 g/mol. The van der Waals surface area contributed by atoms with E-state index in [1.165, 1.54) is 17.5 Å². The number of fused-ring (bicyclic) bond motifs is 1. The van der Waals surface area contributed by atoms with Crippen LogP contribution in [0.15, 0.2) is 29.3 Å². The number of carbonyl (C=O) groups excluding carboxylic acids is 1. The molecule has 0 saturated carbocycles. The normalized spacial score (nSPS) is 22.5. The van der Waals surface area contributed by atoms with E-state index in [1.54, 1.807) is 0 Å². The fourth-order valence-electron chi connectivity index (χ4n) is 4.96. The molecule has 1 aromatic rings. The fourth-order valence-corrected chi connectivity index (χ4v) is 4.96. The SMILES string of the molecule is CN=C(NCCCC(=O)N1CCc2ccccc2C1)N1CCC(CN2CCOCC2)C1. The zero-order valence-electron chi connectivity index (χ0n) is 18.9. The number of aliphatic imine (C=N–C) groups is 1. The molecular weight excluding hydrogens is 390 g/mol. The molecule has 0 aliphatic carbocycles. The van der Waals surface area contributed by atoms with Crippen molar-refractivity contribution >= 4 is 11.9 Å². The van der Waals surface area contributed by atoms with Crippen molar-refractivity contribution in [3.8, 4) is 0 Å². The molecule has 1 aromatic carbocycles. The van der Waals surface area contributed by atoms with Crippen molar-refractivity contribution in [2.24, 2.45) is 10.9 Å².